The largest absolute Gasteiger partial charge is 0.497 e. The Morgan fingerprint density at radius 2 is 1.64 bits per heavy atom. The molecule has 3 heteroatoms. The summed E-state index contributed by atoms with van der Waals surface area (Å²) in [5, 5.41) is 0. The monoisotopic (exact) mass is 292 g/mol. The van der Waals surface area contributed by atoms with E-state index in [0.717, 1.165) is 33.9 Å². The third-order valence-electron chi connectivity index (χ3n) is 3.97. The Morgan fingerprint density at radius 1 is 0.909 bits per heavy atom. The number of nitrogens with two attached hydrogens (primary N) is 1. The molecule has 0 fully saturated rings. The van der Waals surface area contributed by atoms with Crippen LogP contribution in [0.25, 0.3) is 16.9 Å². The van der Waals surface area contributed by atoms with Crippen LogP contribution in [0.1, 0.15) is 11.3 Å². The Labute approximate surface area is 131 Å². The van der Waals surface area contributed by atoms with E-state index in [9.17, 15) is 0 Å². The first-order valence-electron chi connectivity index (χ1n) is 7.29. The fourth-order valence-corrected chi connectivity index (χ4v) is 2.67. The number of aryl methyl sites for hydroxylation is 2. The van der Waals surface area contributed by atoms with E-state index in [-0.39, 0.29) is 0 Å². The predicted molar refractivity (Wildman–Crippen MR) is 91.6 cm³/mol. The lowest BCUT2D eigenvalue weighted by atomic mass is 10.1. The summed E-state index contributed by atoms with van der Waals surface area (Å²) in [6.07, 6.45) is 0. The van der Waals surface area contributed by atoms with Crippen molar-refractivity contribution in [2.75, 3.05) is 12.8 Å². The topological polar surface area (TPSA) is 40.2 Å². The van der Waals surface area contributed by atoms with E-state index in [1.165, 1.54) is 5.69 Å². The van der Waals surface area contributed by atoms with Crippen LogP contribution in [0.4, 0.5) is 5.69 Å². The molecule has 112 valence electrons. The second-order valence-corrected chi connectivity index (χ2v) is 5.46. The van der Waals surface area contributed by atoms with Gasteiger partial charge in [0.25, 0.3) is 0 Å². The molecule has 0 atom stereocenters. The lowest BCUT2D eigenvalue weighted by Crippen LogP contribution is -2.00. The molecule has 0 radical (unpaired) electrons. The Hall–Kier alpha value is -2.68. The van der Waals surface area contributed by atoms with Crippen molar-refractivity contribution in [2.45, 2.75) is 13.8 Å². The van der Waals surface area contributed by atoms with Gasteiger partial charge in [-0.25, -0.2) is 0 Å². The number of methoxy groups -OCH3 is 1. The van der Waals surface area contributed by atoms with Gasteiger partial charge in [0.2, 0.25) is 0 Å². The SMILES string of the molecule is COc1ccc(-c2ccc(C)n2-c2ccc(N)c(C)c2)cc1. The number of nitrogen functional groups attached to an aromatic ring is 1. The summed E-state index contributed by atoms with van der Waals surface area (Å²) in [5.74, 6) is 0.863. The van der Waals surface area contributed by atoms with Crippen molar-refractivity contribution in [1.29, 1.82) is 0 Å². The minimum absolute atomic E-state index is 0.819. The van der Waals surface area contributed by atoms with Gasteiger partial charge in [-0.1, -0.05) is 0 Å². The van der Waals surface area contributed by atoms with Gasteiger partial charge in [0.15, 0.2) is 0 Å². The van der Waals surface area contributed by atoms with E-state index in [0.29, 0.717) is 0 Å². The number of rotatable bonds is 3. The van der Waals surface area contributed by atoms with Gasteiger partial charge in [-0.05, 0) is 79.6 Å². The van der Waals surface area contributed by atoms with Crippen molar-refractivity contribution in [3.05, 3.63) is 65.9 Å². The van der Waals surface area contributed by atoms with E-state index in [1.807, 2.05) is 25.1 Å². The average molecular weight is 292 g/mol. The van der Waals surface area contributed by atoms with Crippen LogP contribution >= 0.6 is 0 Å². The highest BCUT2D eigenvalue weighted by Crippen LogP contribution is 2.29. The Kier molecular flexibility index (Phi) is 3.63. The van der Waals surface area contributed by atoms with Crippen LogP contribution in [-0.2, 0) is 0 Å². The van der Waals surface area contributed by atoms with Crippen LogP contribution in [0.15, 0.2) is 54.6 Å². The molecule has 0 unspecified atom stereocenters. The number of ether oxygens (including phenoxy) is 1. The molecule has 3 rings (SSSR count). The second-order valence-electron chi connectivity index (χ2n) is 5.46. The summed E-state index contributed by atoms with van der Waals surface area (Å²) < 4.78 is 7.48. The highest BCUT2D eigenvalue weighted by molar-refractivity contribution is 5.66. The van der Waals surface area contributed by atoms with Crippen molar-refractivity contribution >= 4 is 5.69 Å². The van der Waals surface area contributed by atoms with Gasteiger partial charge in [-0.3, -0.25) is 0 Å². The zero-order valence-corrected chi connectivity index (χ0v) is 13.1. The van der Waals surface area contributed by atoms with Crippen LogP contribution in [-0.4, -0.2) is 11.7 Å². The summed E-state index contributed by atoms with van der Waals surface area (Å²) in [4.78, 5) is 0. The summed E-state index contributed by atoms with van der Waals surface area (Å²) in [7, 11) is 1.68. The average Bonchev–Trinajstić information content (AvgIpc) is 2.92. The first-order chi connectivity index (χ1) is 10.6. The highest BCUT2D eigenvalue weighted by atomic mass is 16.5. The van der Waals surface area contributed by atoms with Gasteiger partial charge in [-0.2, -0.15) is 0 Å². The molecular weight excluding hydrogens is 272 g/mol. The van der Waals surface area contributed by atoms with Crippen LogP contribution in [0.5, 0.6) is 5.75 Å². The maximum atomic E-state index is 5.94. The van der Waals surface area contributed by atoms with Gasteiger partial charge in [0.1, 0.15) is 5.75 Å². The van der Waals surface area contributed by atoms with Crippen LogP contribution < -0.4 is 10.5 Å². The minimum atomic E-state index is 0.819. The lowest BCUT2D eigenvalue weighted by Gasteiger charge is -2.14. The summed E-state index contributed by atoms with van der Waals surface area (Å²) in [6, 6.07) is 18.5. The van der Waals surface area contributed by atoms with Crippen LogP contribution in [0.2, 0.25) is 0 Å². The minimum Gasteiger partial charge on any atom is -0.497 e. The second kappa shape index (κ2) is 5.60. The van der Waals surface area contributed by atoms with Gasteiger partial charge in [-0.15, -0.1) is 0 Å². The molecule has 22 heavy (non-hydrogen) atoms. The molecule has 2 N–H and O–H groups in total. The molecule has 0 bridgehead atoms. The number of hydrogen-bond acceptors (Lipinski definition) is 2. The Balaban J connectivity index is 2.12. The number of aromatic nitrogens is 1. The van der Waals surface area contributed by atoms with E-state index in [2.05, 4.69) is 47.9 Å². The molecular formula is C19H20N2O. The van der Waals surface area contributed by atoms with E-state index >= 15 is 0 Å². The first kappa shape index (κ1) is 14.3. The Morgan fingerprint density at radius 3 is 2.27 bits per heavy atom. The molecule has 0 spiro atoms. The molecule has 0 aliphatic heterocycles. The quantitative estimate of drug-likeness (QED) is 0.729. The van der Waals surface area contributed by atoms with Gasteiger partial charge < -0.3 is 15.0 Å². The standard InChI is InChI=1S/C19H20N2O/c1-13-12-16(7-10-18(13)20)21-14(2)4-11-19(21)15-5-8-17(22-3)9-6-15/h4-12H,20H2,1-3H3. The fourth-order valence-electron chi connectivity index (χ4n) is 2.67. The van der Waals surface area contributed by atoms with Crippen molar-refractivity contribution in [1.82, 2.24) is 4.57 Å². The molecule has 2 aromatic carbocycles. The third kappa shape index (κ3) is 2.46. The molecule has 0 saturated heterocycles. The first-order valence-corrected chi connectivity index (χ1v) is 7.29. The van der Waals surface area contributed by atoms with E-state index in [4.69, 9.17) is 10.5 Å². The van der Waals surface area contributed by atoms with Crippen molar-refractivity contribution in [2.24, 2.45) is 0 Å². The maximum absolute atomic E-state index is 5.94. The summed E-state index contributed by atoms with van der Waals surface area (Å²) >= 11 is 0. The van der Waals surface area contributed by atoms with Crippen molar-refractivity contribution in [3.63, 3.8) is 0 Å². The van der Waals surface area contributed by atoms with Crippen molar-refractivity contribution in [3.8, 4) is 22.7 Å². The lowest BCUT2D eigenvalue weighted by molar-refractivity contribution is 0.415. The van der Waals surface area contributed by atoms with Gasteiger partial charge in [0, 0.05) is 17.1 Å². The molecule has 3 aromatic rings. The number of hydrogen-bond donors (Lipinski definition) is 1. The number of anilines is 1. The van der Waals surface area contributed by atoms with Gasteiger partial charge in [0.05, 0.1) is 12.8 Å². The highest BCUT2D eigenvalue weighted by Gasteiger charge is 2.10. The fraction of sp³-hybridized carbons (Fsp3) is 0.158. The third-order valence-corrected chi connectivity index (χ3v) is 3.97. The van der Waals surface area contributed by atoms with E-state index in [1.54, 1.807) is 7.11 Å². The zero-order chi connectivity index (χ0) is 15.7. The molecule has 0 aliphatic carbocycles. The van der Waals surface area contributed by atoms with Gasteiger partial charge >= 0.3 is 0 Å². The van der Waals surface area contributed by atoms with Crippen molar-refractivity contribution < 1.29 is 4.74 Å². The maximum Gasteiger partial charge on any atom is 0.118 e. The summed E-state index contributed by atoms with van der Waals surface area (Å²) in [6.45, 7) is 4.14. The molecule has 1 aromatic heterocycles. The smallest absolute Gasteiger partial charge is 0.118 e. The van der Waals surface area contributed by atoms with Crippen LogP contribution in [0.3, 0.4) is 0 Å². The summed E-state index contributed by atoms with van der Waals surface area (Å²) in [5.41, 5.74) is 12.5. The molecule has 3 nitrogen and oxygen atoms in total. The Bertz CT molecular complexity index is 801. The molecule has 1 heterocycles. The van der Waals surface area contributed by atoms with Crippen LogP contribution in [0, 0.1) is 13.8 Å². The normalized spacial score (nSPS) is 10.7. The predicted octanol–water partition coefficient (Wildman–Crippen LogP) is 4.35. The molecule has 0 amide bonds. The molecule has 0 saturated carbocycles. The van der Waals surface area contributed by atoms with E-state index < -0.39 is 0 Å². The molecule has 0 aliphatic rings. The number of benzene rings is 2. The zero-order valence-electron chi connectivity index (χ0n) is 13.1. The number of nitrogens with zero attached hydrogens (tertiary/aromatic N) is 1.